The van der Waals surface area contributed by atoms with E-state index in [1.165, 1.54) is 4.90 Å². The maximum atomic E-state index is 12.2. The molecule has 19 heavy (non-hydrogen) atoms. The van der Waals surface area contributed by atoms with Crippen molar-refractivity contribution >= 4 is 12.0 Å². The summed E-state index contributed by atoms with van der Waals surface area (Å²) in [5, 5.41) is 21.5. The van der Waals surface area contributed by atoms with Crippen LogP contribution in [-0.2, 0) is 4.79 Å². The Kier molecular flexibility index (Phi) is 3.04. The molecule has 2 amide bonds. The van der Waals surface area contributed by atoms with Gasteiger partial charge in [0.25, 0.3) is 0 Å². The van der Waals surface area contributed by atoms with Gasteiger partial charge in [0, 0.05) is 19.0 Å². The third-order valence-corrected chi connectivity index (χ3v) is 5.11. The van der Waals surface area contributed by atoms with Crippen LogP contribution < -0.4 is 5.32 Å². The predicted molar refractivity (Wildman–Crippen MR) is 68.6 cm³/mol. The molecule has 0 aromatic carbocycles. The molecule has 2 atom stereocenters. The van der Waals surface area contributed by atoms with E-state index in [1.807, 2.05) is 0 Å². The zero-order chi connectivity index (χ0) is 14.6. The number of hydrogen-bond acceptors (Lipinski definition) is 3. The van der Waals surface area contributed by atoms with Crippen molar-refractivity contribution in [3.8, 4) is 0 Å². The number of nitrogens with one attached hydrogen (secondary N) is 1. The molecule has 0 unspecified atom stereocenters. The van der Waals surface area contributed by atoms with Crippen molar-refractivity contribution in [2.45, 2.75) is 52.3 Å². The number of β-amino-alcohol motifs (C(OH)–C–C–N with tert-alkyl or cyclic N) is 1. The predicted octanol–water partition coefficient (Wildman–Crippen LogP) is 0.650. The minimum absolute atomic E-state index is 0.000277. The van der Waals surface area contributed by atoms with Gasteiger partial charge in [-0.05, 0) is 10.8 Å². The first kappa shape index (κ1) is 14.1. The number of likely N-dealkylation sites (tertiary alicyclic amines) is 1. The van der Waals surface area contributed by atoms with E-state index < -0.39 is 24.1 Å². The lowest BCUT2D eigenvalue weighted by Gasteiger charge is -2.22. The van der Waals surface area contributed by atoms with Gasteiger partial charge in [0.2, 0.25) is 0 Å². The normalized spacial score (nSPS) is 32.2. The van der Waals surface area contributed by atoms with Gasteiger partial charge in [-0.2, -0.15) is 0 Å². The van der Waals surface area contributed by atoms with Crippen LogP contribution >= 0.6 is 0 Å². The Morgan fingerprint density at radius 1 is 1.21 bits per heavy atom. The number of rotatable bonds is 2. The Labute approximate surface area is 112 Å². The van der Waals surface area contributed by atoms with E-state index in [-0.39, 0.29) is 29.8 Å². The number of aliphatic hydroxyl groups excluding tert-OH is 1. The zero-order valence-electron chi connectivity index (χ0n) is 11.8. The van der Waals surface area contributed by atoms with Crippen LogP contribution in [0.25, 0.3) is 0 Å². The zero-order valence-corrected chi connectivity index (χ0v) is 11.8. The molecule has 1 saturated heterocycles. The van der Waals surface area contributed by atoms with E-state index in [4.69, 9.17) is 5.11 Å². The van der Waals surface area contributed by atoms with Gasteiger partial charge in [-0.15, -0.1) is 0 Å². The second-order valence-electron chi connectivity index (χ2n) is 6.72. The fraction of sp³-hybridized carbons (Fsp3) is 0.846. The fourth-order valence-corrected chi connectivity index (χ4v) is 3.04. The number of aliphatic hydroxyl groups is 1. The van der Waals surface area contributed by atoms with Crippen LogP contribution in [0.3, 0.4) is 0 Å². The van der Waals surface area contributed by atoms with E-state index in [1.54, 1.807) is 0 Å². The Hall–Kier alpha value is -1.30. The first-order chi connectivity index (χ1) is 8.59. The summed E-state index contributed by atoms with van der Waals surface area (Å²) in [7, 11) is 0. The van der Waals surface area contributed by atoms with Crippen molar-refractivity contribution in [3.63, 3.8) is 0 Å². The first-order valence-corrected chi connectivity index (χ1v) is 6.57. The van der Waals surface area contributed by atoms with Gasteiger partial charge in [-0.25, -0.2) is 9.59 Å². The van der Waals surface area contributed by atoms with Crippen LogP contribution in [0.1, 0.15) is 34.1 Å². The lowest BCUT2D eigenvalue weighted by Crippen LogP contribution is -2.47. The largest absolute Gasteiger partial charge is 0.480 e. The number of nitrogens with zero attached hydrogens (tertiary/aromatic N) is 1. The summed E-state index contributed by atoms with van der Waals surface area (Å²) in [6.45, 7) is 8.38. The van der Waals surface area contributed by atoms with E-state index in [0.29, 0.717) is 0 Å². The topological polar surface area (TPSA) is 89.9 Å². The quantitative estimate of drug-likeness (QED) is 0.687. The van der Waals surface area contributed by atoms with Gasteiger partial charge in [0.15, 0.2) is 0 Å². The number of carboxylic acid groups (broad SMARTS) is 1. The van der Waals surface area contributed by atoms with Gasteiger partial charge < -0.3 is 20.4 Å². The highest BCUT2D eigenvalue weighted by molar-refractivity contribution is 5.84. The molecule has 2 aliphatic rings. The molecule has 0 aromatic rings. The number of amides is 2. The lowest BCUT2D eigenvalue weighted by molar-refractivity contribution is -0.141. The smallest absolute Gasteiger partial charge is 0.326 e. The van der Waals surface area contributed by atoms with E-state index in [9.17, 15) is 14.7 Å². The Bertz CT molecular complexity index is 405. The van der Waals surface area contributed by atoms with Crippen molar-refractivity contribution in [1.82, 2.24) is 10.2 Å². The average Bonchev–Trinajstić information content (AvgIpc) is 2.65. The summed E-state index contributed by atoms with van der Waals surface area (Å²) in [6, 6.07) is -1.30. The Balaban J connectivity index is 2.03. The number of carbonyl (C=O) groups excluding carboxylic acids is 1. The van der Waals surface area contributed by atoms with Crippen molar-refractivity contribution in [2.75, 3.05) is 6.54 Å². The Morgan fingerprint density at radius 2 is 1.74 bits per heavy atom. The van der Waals surface area contributed by atoms with Crippen LogP contribution in [0.5, 0.6) is 0 Å². The SMILES string of the molecule is CC1(C)C(NC(=O)N2C[C@@H](O)C[C@H]2C(=O)O)C1(C)C. The Morgan fingerprint density at radius 3 is 2.16 bits per heavy atom. The summed E-state index contributed by atoms with van der Waals surface area (Å²) < 4.78 is 0. The number of urea groups is 1. The standard InChI is InChI=1S/C13H22N2O4/c1-12(2)10(13(12,3)4)14-11(19)15-6-7(16)5-8(15)9(17)18/h7-8,10,16H,5-6H2,1-4H3,(H,14,19)(H,17,18)/t7-,8-/m0/s1. The molecule has 6 heteroatoms. The number of hydrogen-bond donors (Lipinski definition) is 3. The number of aliphatic carboxylic acids is 1. The molecule has 6 nitrogen and oxygen atoms in total. The van der Waals surface area contributed by atoms with Gasteiger partial charge in [-0.3, -0.25) is 0 Å². The van der Waals surface area contributed by atoms with Crippen LogP contribution in [-0.4, -0.2) is 51.8 Å². The average molecular weight is 270 g/mol. The van der Waals surface area contributed by atoms with Crippen LogP contribution in [0.2, 0.25) is 0 Å². The lowest BCUT2D eigenvalue weighted by atomic mass is 10.0. The van der Waals surface area contributed by atoms with Crippen molar-refractivity contribution < 1.29 is 19.8 Å². The summed E-state index contributed by atoms with van der Waals surface area (Å²) >= 11 is 0. The first-order valence-electron chi connectivity index (χ1n) is 6.57. The molecule has 2 fully saturated rings. The summed E-state index contributed by atoms with van der Waals surface area (Å²) in [4.78, 5) is 24.5. The monoisotopic (exact) mass is 270 g/mol. The second-order valence-corrected chi connectivity index (χ2v) is 6.72. The van der Waals surface area contributed by atoms with Crippen molar-refractivity contribution in [2.24, 2.45) is 10.8 Å². The molecule has 1 heterocycles. The summed E-state index contributed by atoms with van der Waals surface area (Å²) in [5.41, 5.74) is -0.000554. The molecular formula is C13H22N2O4. The molecule has 108 valence electrons. The van der Waals surface area contributed by atoms with E-state index >= 15 is 0 Å². The molecule has 0 spiro atoms. The van der Waals surface area contributed by atoms with Crippen LogP contribution in [0, 0.1) is 10.8 Å². The van der Waals surface area contributed by atoms with E-state index in [2.05, 4.69) is 33.0 Å². The van der Waals surface area contributed by atoms with Gasteiger partial charge in [0.05, 0.1) is 6.10 Å². The third kappa shape index (κ3) is 2.08. The molecular weight excluding hydrogens is 248 g/mol. The highest BCUT2D eigenvalue weighted by Crippen LogP contribution is 2.62. The second kappa shape index (κ2) is 4.10. The molecule has 0 aromatic heterocycles. The molecule has 3 N–H and O–H groups in total. The third-order valence-electron chi connectivity index (χ3n) is 5.11. The molecule has 2 rings (SSSR count). The van der Waals surface area contributed by atoms with Gasteiger partial charge in [-0.1, -0.05) is 27.7 Å². The van der Waals surface area contributed by atoms with Crippen LogP contribution in [0.15, 0.2) is 0 Å². The van der Waals surface area contributed by atoms with Crippen molar-refractivity contribution in [1.29, 1.82) is 0 Å². The minimum atomic E-state index is -1.07. The number of carboxylic acids is 1. The highest BCUT2D eigenvalue weighted by atomic mass is 16.4. The van der Waals surface area contributed by atoms with Gasteiger partial charge in [0.1, 0.15) is 6.04 Å². The number of carbonyl (C=O) groups is 2. The molecule has 1 saturated carbocycles. The molecule has 0 bridgehead atoms. The maximum Gasteiger partial charge on any atom is 0.326 e. The van der Waals surface area contributed by atoms with Crippen molar-refractivity contribution in [3.05, 3.63) is 0 Å². The molecule has 1 aliphatic carbocycles. The summed E-state index contributed by atoms with van der Waals surface area (Å²) in [5.74, 6) is -1.07. The van der Waals surface area contributed by atoms with E-state index in [0.717, 1.165) is 0 Å². The van der Waals surface area contributed by atoms with Gasteiger partial charge >= 0.3 is 12.0 Å². The molecule has 1 aliphatic heterocycles. The maximum absolute atomic E-state index is 12.2. The fourth-order valence-electron chi connectivity index (χ4n) is 3.04. The molecule has 0 radical (unpaired) electrons. The summed E-state index contributed by atoms with van der Waals surface area (Å²) in [6.07, 6.45) is -0.660. The minimum Gasteiger partial charge on any atom is -0.480 e. The highest BCUT2D eigenvalue weighted by Gasteiger charge is 2.65. The van der Waals surface area contributed by atoms with Crippen LogP contribution in [0.4, 0.5) is 4.79 Å².